The van der Waals surface area contributed by atoms with Crippen LogP contribution in [0.15, 0.2) is 17.7 Å². The summed E-state index contributed by atoms with van der Waals surface area (Å²) < 4.78 is 3.23. The molecule has 15 heavy (non-hydrogen) atoms. The Bertz CT molecular complexity index is 415. The molecule has 0 saturated carbocycles. The molecule has 0 fully saturated rings. The first kappa shape index (κ1) is 13.7. The predicted octanol–water partition coefficient (Wildman–Crippen LogP) is 2.65. The zero-order valence-electron chi connectivity index (χ0n) is 7.68. The van der Waals surface area contributed by atoms with Crippen molar-refractivity contribution in [2.45, 2.75) is 6.92 Å². The van der Waals surface area contributed by atoms with Crippen LogP contribution in [-0.4, -0.2) is 5.97 Å². The maximum atomic E-state index is 10.6. The molecule has 0 unspecified atom stereocenters. The Morgan fingerprint density at radius 3 is 2.13 bits per heavy atom. The lowest BCUT2D eigenvalue weighted by Crippen LogP contribution is -2.22. The monoisotopic (exact) mass is 539 g/mol. The number of aliphatic carboxylic acids is 1. The van der Waals surface area contributed by atoms with Crippen molar-refractivity contribution >= 4 is 79.8 Å². The van der Waals surface area contributed by atoms with Crippen LogP contribution < -0.4 is 5.11 Å². The first-order valence-electron chi connectivity index (χ1n) is 3.96. The molecule has 0 aliphatic heterocycles. The highest BCUT2D eigenvalue weighted by Crippen LogP contribution is 2.24. The van der Waals surface area contributed by atoms with Crippen molar-refractivity contribution in [2.24, 2.45) is 0 Å². The summed E-state index contributed by atoms with van der Waals surface area (Å²) >= 11 is 6.64. The molecule has 0 spiro atoms. The van der Waals surface area contributed by atoms with Crippen LogP contribution >= 0.6 is 67.8 Å². The molecule has 80 valence electrons. The largest absolute Gasteiger partial charge is 0.545 e. The minimum absolute atomic E-state index is 0.243. The third-order valence-corrected chi connectivity index (χ3v) is 4.13. The summed E-state index contributed by atoms with van der Waals surface area (Å²) in [6, 6.07) is 4.02. The molecule has 0 aliphatic carbocycles. The Balaban J connectivity index is 3.27. The number of hydrogen-bond donors (Lipinski definition) is 0. The molecular weight excluding hydrogens is 533 g/mol. The Morgan fingerprint density at radius 1 is 1.27 bits per heavy atom. The van der Waals surface area contributed by atoms with E-state index in [9.17, 15) is 9.90 Å². The smallest absolute Gasteiger partial charge is 0.0672 e. The molecule has 0 heterocycles. The van der Waals surface area contributed by atoms with E-state index in [1.807, 2.05) is 12.1 Å². The van der Waals surface area contributed by atoms with Crippen LogP contribution in [0.25, 0.3) is 6.08 Å². The van der Waals surface area contributed by atoms with Crippen molar-refractivity contribution in [3.8, 4) is 0 Å². The molecule has 0 atom stereocenters. The number of carboxylic acid groups (broad SMARTS) is 1. The lowest BCUT2D eigenvalue weighted by Gasteiger charge is -2.07. The molecule has 0 aromatic heterocycles. The molecule has 5 heteroatoms. The Labute approximate surface area is 129 Å². The minimum atomic E-state index is -1.12. The topological polar surface area (TPSA) is 40.1 Å². The number of rotatable bonds is 2. The Hall–Kier alpha value is 0.620. The average Bonchev–Trinajstić information content (AvgIpc) is 2.10. The fourth-order valence-corrected chi connectivity index (χ4v) is 4.86. The van der Waals surface area contributed by atoms with Gasteiger partial charge in [-0.3, -0.25) is 0 Å². The van der Waals surface area contributed by atoms with Gasteiger partial charge in [0.25, 0.3) is 0 Å². The molecule has 0 N–H and O–H groups in total. The summed E-state index contributed by atoms with van der Waals surface area (Å²) in [6.07, 6.45) is 1.65. The highest BCUT2D eigenvalue weighted by Gasteiger charge is 2.04. The Kier molecular flexibility index (Phi) is 5.29. The maximum absolute atomic E-state index is 10.6. The van der Waals surface area contributed by atoms with Gasteiger partial charge < -0.3 is 9.90 Å². The number of halogens is 3. The van der Waals surface area contributed by atoms with Crippen LogP contribution in [0.5, 0.6) is 0 Å². The zero-order chi connectivity index (χ0) is 11.6. The second-order valence-electron chi connectivity index (χ2n) is 2.90. The van der Waals surface area contributed by atoms with Gasteiger partial charge in [-0.05, 0) is 98.5 Å². The molecule has 0 bridgehead atoms. The van der Waals surface area contributed by atoms with Crippen molar-refractivity contribution in [3.05, 3.63) is 34.0 Å². The second-order valence-corrected chi connectivity index (χ2v) is 6.47. The summed E-state index contributed by atoms with van der Waals surface area (Å²) in [5.41, 5.74) is 1.19. The summed E-state index contributed by atoms with van der Waals surface area (Å²) in [6.45, 7) is 1.54. The molecule has 1 aromatic carbocycles. The van der Waals surface area contributed by atoms with Gasteiger partial charge in [0.1, 0.15) is 0 Å². The number of benzene rings is 1. The number of carbonyl (C=O) groups is 1. The van der Waals surface area contributed by atoms with Crippen molar-refractivity contribution in [1.82, 2.24) is 0 Å². The van der Waals surface area contributed by atoms with Gasteiger partial charge in [0.05, 0.1) is 5.97 Å². The van der Waals surface area contributed by atoms with Gasteiger partial charge >= 0.3 is 0 Å². The van der Waals surface area contributed by atoms with Crippen LogP contribution in [0.3, 0.4) is 0 Å². The van der Waals surface area contributed by atoms with Gasteiger partial charge in [0.15, 0.2) is 0 Å². The van der Waals surface area contributed by atoms with E-state index in [0.717, 1.165) is 16.3 Å². The molecule has 1 rings (SSSR count). The summed E-state index contributed by atoms with van der Waals surface area (Å²) in [5, 5.41) is 10.6. The van der Waals surface area contributed by atoms with E-state index in [1.165, 1.54) is 0 Å². The third-order valence-electron chi connectivity index (χ3n) is 1.73. The van der Waals surface area contributed by atoms with Gasteiger partial charge in [-0.25, -0.2) is 0 Å². The molecular formula is C10H6I3O2-. The number of hydrogen-bond acceptors (Lipinski definition) is 2. The van der Waals surface area contributed by atoms with Gasteiger partial charge in [-0.1, -0.05) is 0 Å². The van der Waals surface area contributed by atoms with E-state index in [0.29, 0.717) is 0 Å². The van der Waals surface area contributed by atoms with E-state index in [4.69, 9.17) is 0 Å². The van der Waals surface area contributed by atoms with Crippen LogP contribution in [0.1, 0.15) is 12.5 Å². The minimum Gasteiger partial charge on any atom is -0.545 e. The van der Waals surface area contributed by atoms with Crippen LogP contribution in [0, 0.1) is 10.7 Å². The molecule has 0 radical (unpaired) electrons. The molecule has 2 nitrogen and oxygen atoms in total. The highest BCUT2D eigenvalue weighted by atomic mass is 127. The van der Waals surface area contributed by atoms with E-state index in [-0.39, 0.29) is 5.57 Å². The first-order chi connectivity index (χ1) is 6.91. The zero-order valence-corrected chi connectivity index (χ0v) is 14.2. The van der Waals surface area contributed by atoms with Gasteiger partial charge in [0.2, 0.25) is 0 Å². The van der Waals surface area contributed by atoms with Crippen molar-refractivity contribution in [1.29, 1.82) is 0 Å². The lowest BCUT2D eigenvalue weighted by molar-refractivity contribution is -0.299. The van der Waals surface area contributed by atoms with Crippen molar-refractivity contribution < 1.29 is 9.90 Å². The molecule has 0 amide bonds. The van der Waals surface area contributed by atoms with Crippen LogP contribution in [0.2, 0.25) is 0 Å². The number of carboxylic acids is 1. The molecule has 0 aliphatic rings. The highest BCUT2D eigenvalue weighted by molar-refractivity contribution is 14.1. The maximum Gasteiger partial charge on any atom is 0.0672 e. The quantitative estimate of drug-likeness (QED) is 0.429. The van der Waals surface area contributed by atoms with Gasteiger partial charge in [-0.15, -0.1) is 0 Å². The third kappa shape index (κ3) is 3.84. The molecule has 1 aromatic rings. The van der Waals surface area contributed by atoms with E-state index in [2.05, 4.69) is 67.8 Å². The predicted molar refractivity (Wildman–Crippen MR) is 83.3 cm³/mol. The van der Waals surface area contributed by atoms with E-state index >= 15 is 0 Å². The lowest BCUT2D eigenvalue weighted by atomic mass is 10.1. The number of carbonyl (C=O) groups excluding carboxylic acids is 1. The summed E-state index contributed by atoms with van der Waals surface area (Å²) in [4.78, 5) is 10.6. The van der Waals surface area contributed by atoms with Gasteiger partial charge in [0, 0.05) is 16.3 Å². The van der Waals surface area contributed by atoms with Gasteiger partial charge in [-0.2, -0.15) is 0 Å². The Morgan fingerprint density at radius 2 is 1.73 bits per heavy atom. The first-order valence-corrected chi connectivity index (χ1v) is 7.19. The van der Waals surface area contributed by atoms with Crippen molar-refractivity contribution in [2.75, 3.05) is 0 Å². The fraction of sp³-hybridized carbons (Fsp3) is 0.100. The second kappa shape index (κ2) is 5.80. The standard InChI is InChI=1S/C10H7I3O2/c1-5(10(14)15)2-7-8(12)3-6(11)4-9(7)13/h2-4H,1H3,(H,14,15)/p-1/b5-2+. The summed E-state index contributed by atoms with van der Waals surface area (Å²) in [7, 11) is 0. The van der Waals surface area contributed by atoms with Crippen LogP contribution in [-0.2, 0) is 4.79 Å². The SMILES string of the molecule is C/C(=C\c1c(I)cc(I)cc1I)C(=O)[O-]. The fourth-order valence-electron chi connectivity index (χ4n) is 0.967. The van der Waals surface area contributed by atoms with E-state index in [1.54, 1.807) is 13.0 Å². The van der Waals surface area contributed by atoms with Crippen molar-refractivity contribution in [3.63, 3.8) is 0 Å². The summed E-state index contributed by atoms with van der Waals surface area (Å²) in [5.74, 6) is -1.12. The molecule has 0 saturated heterocycles. The van der Waals surface area contributed by atoms with E-state index < -0.39 is 5.97 Å². The average molecular weight is 539 g/mol. The normalized spacial score (nSPS) is 11.6. The van der Waals surface area contributed by atoms with Crippen LogP contribution in [0.4, 0.5) is 0 Å².